The van der Waals surface area contributed by atoms with Crippen molar-refractivity contribution in [3.63, 3.8) is 0 Å². The standard InChI is InChI=1S/C14H21FN2O3/c1-10(17-9-14(18)16-6-7-19-2)11-4-5-12(15)13(8-11)20-3/h4-5,8,10,17H,6-7,9H2,1-3H3,(H,16,18). The van der Waals surface area contributed by atoms with Crippen LogP contribution in [0.2, 0.25) is 0 Å². The maximum absolute atomic E-state index is 13.3. The highest BCUT2D eigenvalue weighted by Crippen LogP contribution is 2.22. The van der Waals surface area contributed by atoms with Crippen molar-refractivity contribution in [3.8, 4) is 5.75 Å². The van der Waals surface area contributed by atoms with Gasteiger partial charge < -0.3 is 20.1 Å². The van der Waals surface area contributed by atoms with Crippen molar-refractivity contribution in [1.29, 1.82) is 0 Å². The smallest absolute Gasteiger partial charge is 0.234 e. The molecular formula is C14H21FN2O3. The van der Waals surface area contributed by atoms with E-state index in [0.29, 0.717) is 13.2 Å². The third-order valence-corrected chi connectivity index (χ3v) is 2.87. The minimum absolute atomic E-state index is 0.0855. The maximum atomic E-state index is 13.3. The van der Waals surface area contributed by atoms with E-state index in [1.165, 1.54) is 13.2 Å². The van der Waals surface area contributed by atoms with Crippen LogP contribution >= 0.6 is 0 Å². The van der Waals surface area contributed by atoms with Gasteiger partial charge in [0.1, 0.15) is 0 Å². The number of carbonyl (C=O) groups excluding carboxylic acids is 1. The van der Waals surface area contributed by atoms with Crippen molar-refractivity contribution in [2.75, 3.05) is 33.9 Å². The SMILES string of the molecule is COCCNC(=O)CNC(C)c1ccc(F)c(OC)c1. The molecule has 1 unspecified atom stereocenters. The monoisotopic (exact) mass is 284 g/mol. The van der Waals surface area contributed by atoms with Crippen LogP contribution in [0.1, 0.15) is 18.5 Å². The molecule has 0 saturated heterocycles. The fourth-order valence-corrected chi connectivity index (χ4v) is 1.66. The van der Waals surface area contributed by atoms with Gasteiger partial charge in [-0.25, -0.2) is 4.39 Å². The minimum Gasteiger partial charge on any atom is -0.494 e. The Bertz CT molecular complexity index is 440. The van der Waals surface area contributed by atoms with E-state index in [9.17, 15) is 9.18 Å². The molecule has 6 heteroatoms. The van der Waals surface area contributed by atoms with Gasteiger partial charge in [0, 0.05) is 19.7 Å². The molecule has 0 heterocycles. The third kappa shape index (κ3) is 5.14. The van der Waals surface area contributed by atoms with Crippen LogP contribution in [-0.4, -0.2) is 39.8 Å². The molecule has 0 radical (unpaired) electrons. The molecule has 0 aromatic heterocycles. The number of hydrogen-bond donors (Lipinski definition) is 2. The Balaban J connectivity index is 2.46. The van der Waals surface area contributed by atoms with Gasteiger partial charge in [0.15, 0.2) is 11.6 Å². The molecule has 0 aliphatic rings. The molecule has 20 heavy (non-hydrogen) atoms. The van der Waals surface area contributed by atoms with Gasteiger partial charge in [0.05, 0.1) is 20.3 Å². The zero-order valence-corrected chi connectivity index (χ0v) is 12.0. The van der Waals surface area contributed by atoms with E-state index in [1.54, 1.807) is 19.2 Å². The fraction of sp³-hybridized carbons (Fsp3) is 0.500. The second-order valence-corrected chi connectivity index (χ2v) is 4.34. The highest BCUT2D eigenvalue weighted by molar-refractivity contribution is 5.78. The Kier molecular flexibility index (Phi) is 6.97. The Morgan fingerprint density at radius 3 is 2.80 bits per heavy atom. The molecule has 2 N–H and O–H groups in total. The lowest BCUT2D eigenvalue weighted by molar-refractivity contribution is -0.120. The molecule has 0 aliphatic carbocycles. The summed E-state index contributed by atoms with van der Waals surface area (Å²) in [5.74, 6) is -0.315. The van der Waals surface area contributed by atoms with Gasteiger partial charge in [-0.15, -0.1) is 0 Å². The maximum Gasteiger partial charge on any atom is 0.234 e. The molecule has 0 fully saturated rings. The van der Waals surface area contributed by atoms with E-state index >= 15 is 0 Å². The summed E-state index contributed by atoms with van der Waals surface area (Å²) in [4.78, 5) is 11.5. The first-order valence-electron chi connectivity index (χ1n) is 6.41. The van der Waals surface area contributed by atoms with Crippen LogP contribution in [0, 0.1) is 5.82 Å². The Hall–Kier alpha value is -1.66. The van der Waals surface area contributed by atoms with Crippen LogP contribution in [0.25, 0.3) is 0 Å². The predicted octanol–water partition coefficient (Wildman–Crippen LogP) is 1.25. The zero-order chi connectivity index (χ0) is 15.0. The molecule has 1 aromatic rings. The van der Waals surface area contributed by atoms with Gasteiger partial charge in [-0.05, 0) is 24.6 Å². The van der Waals surface area contributed by atoms with E-state index in [4.69, 9.17) is 9.47 Å². The molecule has 1 atom stereocenters. The first kappa shape index (κ1) is 16.4. The number of methoxy groups -OCH3 is 2. The third-order valence-electron chi connectivity index (χ3n) is 2.87. The predicted molar refractivity (Wildman–Crippen MR) is 74.3 cm³/mol. The average Bonchev–Trinajstić information content (AvgIpc) is 2.45. The van der Waals surface area contributed by atoms with Crippen molar-refractivity contribution in [1.82, 2.24) is 10.6 Å². The second-order valence-electron chi connectivity index (χ2n) is 4.34. The molecule has 5 nitrogen and oxygen atoms in total. The van der Waals surface area contributed by atoms with Crippen molar-refractivity contribution >= 4 is 5.91 Å². The number of hydrogen-bond acceptors (Lipinski definition) is 4. The number of amides is 1. The summed E-state index contributed by atoms with van der Waals surface area (Å²) < 4.78 is 23.1. The first-order chi connectivity index (χ1) is 9.58. The molecule has 1 rings (SSSR count). The van der Waals surface area contributed by atoms with Crippen LogP contribution < -0.4 is 15.4 Å². The molecule has 0 aliphatic heterocycles. The first-order valence-corrected chi connectivity index (χ1v) is 6.41. The van der Waals surface area contributed by atoms with Crippen LogP contribution in [0.4, 0.5) is 4.39 Å². The Morgan fingerprint density at radius 1 is 1.40 bits per heavy atom. The molecule has 1 aromatic carbocycles. The van der Waals surface area contributed by atoms with Gasteiger partial charge in [-0.2, -0.15) is 0 Å². The largest absolute Gasteiger partial charge is 0.494 e. The Morgan fingerprint density at radius 2 is 2.15 bits per heavy atom. The number of nitrogens with one attached hydrogen (secondary N) is 2. The van der Waals surface area contributed by atoms with Crippen molar-refractivity contribution < 1.29 is 18.7 Å². The Labute approximate surface area is 118 Å². The van der Waals surface area contributed by atoms with E-state index in [-0.39, 0.29) is 24.2 Å². The van der Waals surface area contributed by atoms with Crippen LogP contribution in [-0.2, 0) is 9.53 Å². The molecule has 0 saturated carbocycles. The summed E-state index contributed by atoms with van der Waals surface area (Å²) in [5, 5.41) is 5.78. The topological polar surface area (TPSA) is 59.6 Å². The molecular weight excluding hydrogens is 263 g/mol. The second kappa shape index (κ2) is 8.50. The average molecular weight is 284 g/mol. The van der Waals surface area contributed by atoms with Crippen molar-refractivity contribution in [2.45, 2.75) is 13.0 Å². The van der Waals surface area contributed by atoms with E-state index in [1.807, 2.05) is 6.92 Å². The number of carbonyl (C=O) groups is 1. The highest BCUT2D eigenvalue weighted by atomic mass is 19.1. The van der Waals surface area contributed by atoms with Crippen LogP contribution in [0.5, 0.6) is 5.75 Å². The van der Waals surface area contributed by atoms with Gasteiger partial charge in [0.25, 0.3) is 0 Å². The zero-order valence-electron chi connectivity index (χ0n) is 12.0. The van der Waals surface area contributed by atoms with Crippen molar-refractivity contribution in [2.24, 2.45) is 0 Å². The number of halogens is 1. The molecule has 0 bridgehead atoms. The van der Waals surface area contributed by atoms with E-state index in [0.717, 1.165) is 5.56 Å². The summed E-state index contributed by atoms with van der Waals surface area (Å²) >= 11 is 0. The highest BCUT2D eigenvalue weighted by Gasteiger charge is 2.10. The van der Waals surface area contributed by atoms with E-state index in [2.05, 4.69) is 10.6 Å². The minimum atomic E-state index is -0.402. The number of benzene rings is 1. The number of ether oxygens (including phenoxy) is 2. The van der Waals surface area contributed by atoms with E-state index < -0.39 is 5.82 Å². The summed E-state index contributed by atoms with van der Waals surface area (Å²) in [6, 6.07) is 4.55. The van der Waals surface area contributed by atoms with Gasteiger partial charge in [-0.3, -0.25) is 4.79 Å². The van der Waals surface area contributed by atoms with Gasteiger partial charge in [0.2, 0.25) is 5.91 Å². The normalized spacial score (nSPS) is 12.0. The molecule has 1 amide bonds. The lowest BCUT2D eigenvalue weighted by atomic mass is 10.1. The quantitative estimate of drug-likeness (QED) is 0.705. The van der Waals surface area contributed by atoms with Crippen LogP contribution in [0.15, 0.2) is 18.2 Å². The lowest BCUT2D eigenvalue weighted by Crippen LogP contribution is -2.36. The molecule has 112 valence electrons. The lowest BCUT2D eigenvalue weighted by Gasteiger charge is -2.15. The van der Waals surface area contributed by atoms with Gasteiger partial charge >= 0.3 is 0 Å². The molecule has 0 spiro atoms. The summed E-state index contributed by atoms with van der Waals surface area (Å²) in [5.41, 5.74) is 0.855. The summed E-state index contributed by atoms with van der Waals surface area (Å²) in [6.07, 6.45) is 0. The van der Waals surface area contributed by atoms with Crippen molar-refractivity contribution in [3.05, 3.63) is 29.6 Å². The number of rotatable bonds is 8. The summed E-state index contributed by atoms with van der Waals surface area (Å²) in [6.45, 7) is 3.05. The fourth-order valence-electron chi connectivity index (χ4n) is 1.66. The summed E-state index contributed by atoms with van der Waals surface area (Å²) in [7, 11) is 3.00. The van der Waals surface area contributed by atoms with Gasteiger partial charge in [-0.1, -0.05) is 6.07 Å². The van der Waals surface area contributed by atoms with Crippen LogP contribution in [0.3, 0.4) is 0 Å².